The van der Waals surface area contributed by atoms with E-state index in [1.54, 1.807) is 0 Å². The largest absolute Gasteiger partial charge is 0.464 e. The number of aryl methyl sites for hydroxylation is 1. The molecular weight excluding hydrogens is 356 g/mol. The minimum absolute atomic E-state index is 0.146. The lowest BCUT2D eigenvalue weighted by molar-refractivity contribution is -0.0189. The van der Waals surface area contributed by atoms with E-state index >= 15 is 0 Å². The first-order valence-corrected chi connectivity index (χ1v) is 9.51. The molecule has 5 rings (SSSR count). The molecule has 3 aromatic carbocycles. The Balaban J connectivity index is 1.61. The highest BCUT2D eigenvalue weighted by atomic mass is 35.5. The quantitative estimate of drug-likeness (QED) is 0.558. The van der Waals surface area contributed by atoms with Crippen molar-refractivity contribution in [2.75, 3.05) is 0 Å². The van der Waals surface area contributed by atoms with Gasteiger partial charge in [-0.15, -0.1) is 0 Å². The van der Waals surface area contributed by atoms with Gasteiger partial charge in [-0.05, 0) is 24.6 Å². The summed E-state index contributed by atoms with van der Waals surface area (Å²) < 4.78 is 6.35. The number of ether oxygens (including phenoxy) is 1. The predicted octanol–water partition coefficient (Wildman–Crippen LogP) is 5.89. The lowest BCUT2D eigenvalue weighted by atomic mass is 9.95. The van der Waals surface area contributed by atoms with Crippen LogP contribution in [0.3, 0.4) is 0 Å². The Bertz CT molecular complexity index is 1030. The van der Waals surface area contributed by atoms with Crippen molar-refractivity contribution in [3.05, 3.63) is 100 Å². The molecule has 0 saturated heterocycles. The third kappa shape index (κ3) is 2.79. The maximum atomic E-state index is 6.49. The zero-order valence-electron chi connectivity index (χ0n) is 15.0. The Morgan fingerprint density at radius 2 is 1.63 bits per heavy atom. The van der Waals surface area contributed by atoms with Crippen molar-refractivity contribution in [3.63, 3.8) is 0 Å². The number of benzene rings is 3. The average Bonchev–Trinajstić information content (AvgIpc) is 3.14. The van der Waals surface area contributed by atoms with Crippen molar-refractivity contribution in [2.24, 2.45) is 5.10 Å². The Hall–Kier alpha value is -2.78. The van der Waals surface area contributed by atoms with E-state index in [4.69, 9.17) is 21.4 Å². The second-order valence-electron chi connectivity index (χ2n) is 7.04. The number of halogens is 1. The molecule has 0 fully saturated rings. The molecule has 0 aliphatic carbocycles. The Morgan fingerprint density at radius 1 is 0.926 bits per heavy atom. The van der Waals surface area contributed by atoms with Crippen LogP contribution in [0.5, 0.6) is 5.75 Å². The fourth-order valence-electron chi connectivity index (χ4n) is 3.84. The fraction of sp³-hybridized carbons (Fsp3) is 0.174. The maximum absolute atomic E-state index is 6.49. The molecule has 0 spiro atoms. The first-order chi connectivity index (χ1) is 13.2. The third-order valence-electron chi connectivity index (χ3n) is 5.26. The topological polar surface area (TPSA) is 24.8 Å². The van der Waals surface area contributed by atoms with Crippen LogP contribution in [-0.2, 0) is 0 Å². The van der Waals surface area contributed by atoms with E-state index in [-0.39, 0.29) is 12.3 Å². The van der Waals surface area contributed by atoms with E-state index in [0.717, 1.165) is 29.0 Å². The molecule has 2 heterocycles. The number of hydrazone groups is 1. The van der Waals surface area contributed by atoms with Gasteiger partial charge >= 0.3 is 0 Å². The summed E-state index contributed by atoms with van der Waals surface area (Å²) in [6.07, 6.45) is 0.520. The maximum Gasteiger partial charge on any atom is 0.215 e. The summed E-state index contributed by atoms with van der Waals surface area (Å²) in [7, 11) is 0. The highest BCUT2D eigenvalue weighted by Gasteiger charge is 2.41. The summed E-state index contributed by atoms with van der Waals surface area (Å²) in [5.74, 6) is 0.907. The molecule has 0 N–H and O–H groups in total. The summed E-state index contributed by atoms with van der Waals surface area (Å²) >= 11 is 6.49. The molecule has 0 bridgehead atoms. The van der Waals surface area contributed by atoms with Crippen molar-refractivity contribution >= 4 is 17.3 Å². The summed E-state index contributed by atoms with van der Waals surface area (Å²) in [5, 5.41) is 7.74. The van der Waals surface area contributed by atoms with Gasteiger partial charge in [-0.3, -0.25) is 0 Å². The molecule has 3 nitrogen and oxygen atoms in total. The molecule has 0 saturated carbocycles. The van der Waals surface area contributed by atoms with Gasteiger partial charge in [-0.2, -0.15) is 5.10 Å². The van der Waals surface area contributed by atoms with Crippen LogP contribution >= 0.6 is 11.6 Å². The Labute approximate surface area is 163 Å². The molecule has 0 aromatic heterocycles. The molecule has 4 heteroatoms. The van der Waals surface area contributed by atoms with Gasteiger partial charge in [0.1, 0.15) is 5.75 Å². The number of rotatable bonds is 2. The smallest absolute Gasteiger partial charge is 0.215 e. The van der Waals surface area contributed by atoms with Crippen LogP contribution in [0.25, 0.3) is 0 Å². The molecule has 2 atom stereocenters. The minimum Gasteiger partial charge on any atom is -0.464 e. The van der Waals surface area contributed by atoms with Crippen LogP contribution in [0, 0.1) is 6.92 Å². The van der Waals surface area contributed by atoms with Gasteiger partial charge in [0.05, 0.1) is 11.8 Å². The SMILES string of the molecule is Cc1ccc(C2=NN3[C@@H](c4ccccc4Cl)Oc4ccccc4[C@@H]3C2)cc1. The van der Waals surface area contributed by atoms with Crippen LogP contribution in [0.1, 0.15) is 40.9 Å². The van der Waals surface area contributed by atoms with E-state index in [1.165, 1.54) is 11.1 Å². The summed E-state index contributed by atoms with van der Waals surface area (Å²) in [6.45, 7) is 2.10. The van der Waals surface area contributed by atoms with E-state index < -0.39 is 0 Å². The van der Waals surface area contributed by atoms with Gasteiger partial charge in [-0.1, -0.05) is 77.8 Å². The first-order valence-electron chi connectivity index (χ1n) is 9.13. The van der Waals surface area contributed by atoms with E-state index in [9.17, 15) is 0 Å². The van der Waals surface area contributed by atoms with Gasteiger partial charge in [-0.25, -0.2) is 5.01 Å². The van der Waals surface area contributed by atoms with Crippen molar-refractivity contribution in [1.82, 2.24) is 5.01 Å². The normalized spacial score (nSPS) is 20.5. The molecule has 0 unspecified atom stereocenters. The highest BCUT2D eigenvalue weighted by molar-refractivity contribution is 6.31. The van der Waals surface area contributed by atoms with Gasteiger partial charge in [0.2, 0.25) is 6.23 Å². The van der Waals surface area contributed by atoms with Crippen LogP contribution in [0.15, 0.2) is 77.9 Å². The zero-order valence-corrected chi connectivity index (χ0v) is 15.7. The number of nitrogens with zero attached hydrogens (tertiary/aromatic N) is 2. The van der Waals surface area contributed by atoms with Gasteiger partial charge in [0, 0.05) is 22.6 Å². The Kier molecular flexibility index (Phi) is 3.91. The molecule has 3 aromatic rings. The van der Waals surface area contributed by atoms with Crippen molar-refractivity contribution in [1.29, 1.82) is 0 Å². The van der Waals surface area contributed by atoms with Crippen LogP contribution in [0.2, 0.25) is 5.02 Å². The van der Waals surface area contributed by atoms with Gasteiger partial charge in [0.15, 0.2) is 0 Å². The minimum atomic E-state index is -0.332. The molecule has 2 aliphatic rings. The van der Waals surface area contributed by atoms with E-state index in [1.807, 2.05) is 36.4 Å². The lowest BCUT2D eigenvalue weighted by Crippen LogP contribution is -2.33. The molecule has 27 heavy (non-hydrogen) atoms. The number of para-hydroxylation sites is 1. The second kappa shape index (κ2) is 6.43. The number of fused-ring (bicyclic) bond motifs is 3. The van der Waals surface area contributed by atoms with Gasteiger partial charge < -0.3 is 4.74 Å². The number of hydrogen-bond donors (Lipinski definition) is 0. The van der Waals surface area contributed by atoms with Crippen molar-refractivity contribution < 1.29 is 4.74 Å². The lowest BCUT2D eigenvalue weighted by Gasteiger charge is -2.38. The monoisotopic (exact) mass is 374 g/mol. The van der Waals surface area contributed by atoms with Gasteiger partial charge in [0.25, 0.3) is 0 Å². The first kappa shape index (κ1) is 16.4. The third-order valence-corrected chi connectivity index (χ3v) is 5.60. The molecule has 0 radical (unpaired) electrons. The molecular formula is C23H19ClN2O. The molecule has 134 valence electrons. The zero-order chi connectivity index (χ0) is 18.4. The van der Waals surface area contributed by atoms with E-state index in [2.05, 4.69) is 48.3 Å². The molecule has 2 aliphatic heterocycles. The Morgan fingerprint density at radius 3 is 2.41 bits per heavy atom. The summed E-state index contributed by atoms with van der Waals surface area (Å²) in [5.41, 5.74) is 5.60. The molecule has 0 amide bonds. The van der Waals surface area contributed by atoms with Crippen LogP contribution < -0.4 is 4.74 Å². The van der Waals surface area contributed by atoms with Crippen molar-refractivity contribution in [2.45, 2.75) is 25.6 Å². The van der Waals surface area contributed by atoms with Crippen LogP contribution in [-0.4, -0.2) is 10.7 Å². The number of hydrogen-bond acceptors (Lipinski definition) is 3. The highest BCUT2D eigenvalue weighted by Crippen LogP contribution is 2.48. The second-order valence-corrected chi connectivity index (χ2v) is 7.45. The van der Waals surface area contributed by atoms with E-state index in [0.29, 0.717) is 5.02 Å². The summed E-state index contributed by atoms with van der Waals surface area (Å²) in [6, 6.07) is 24.7. The van der Waals surface area contributed by atoms with Crippen molar-refractivity contribution in [3.8, 4) is 5.75 Å². The standard InChI is InChI=1S/C23H19ClN2O/c1-15-10-12-16(13-11-15)20-14-21-18-7-3-5-9-22(18)27-23(26(21)25-20)17-6-2-4-8-19(17)24/h2-13,21,23H,14H2,1H3/t21-,23+/m0/s1. The fourth-order valence-corrected chi connectivity index (χ4v) is 4.06. The predicted molar refractivity (Wildman–Crippen MR) is 108 cm³/mol. The average molecular weight is 375 g/mol. The van der Waals surface area contributed by atoms with Crippen LogP contribution in [0.4, 0.5) is 0 Å². The summed E-state index contributed by atoms with van der Waals surface area (Å²) in [4.78, 5) is 0.